The number of phosphoric acid groups is 1. The maximum Gasteiger partial charge on any atom is 0.267 e. The fraction of sp³-hybridized carbons (Fsp3) is 0.966. The molecule has 0 aliphatic rings. The number of quaternary nitrogens is 1. The van der Waals surface area contributed by atoms with Crippen molar-refractivity contribution in [2.45, 2.75) is 129 Å². The Labute approximate surface area is 234 Å². The van der Waals surface area contributed by atoms with E-state index >= 15 is 0 Å². The van der Waals surface area contributed by atoms with Gasteiger partial charge in [0.05, 0.1) is 47.0 Å². The number of nitrogens with one attached hydrogen (secondary N) is 1. The zero-order valence-corrected chi connectivity index (χ0v) is 26.4. The average molecular weight is 565 g/mol. The summed E-state index contributed by atoms with van der Waals surface area (Å²) in [6.45, 7) is 5.90. The Kier molecular flexibility index (Phi) is 24.0. The molecular weight excluding hydrogens is 503 g/mol. The second-order valence-corrected chi connectivity index (χ2v) is 13.0. The summed E-state index contributed by atoms with van der Waals surface area (Å²) >= 11 is 0. The minimum Gasteiger partial charge on any atom is -0.756 e. The Hall–Kier alpha value is -0.500. The maximum atomic E-state index is 12.3. The van der Waals surface area contributed by atoms with Crippen LogP contribution in [-0.4, -0.2) is 70.5 Å². The summed E-state index contributed by atoms with van der Waals surface area (Å²) in [6.07, 6.45) is 18.3. The molecule has 1 amide bonds. The second kappa shape index (κ2) is 24.3. The van der Waals surface area contributed by atoms with Gasteiger partial charge in [-0.3, -0.25) is 9.36 Å². The van der Waals surface area contributed by atoms with Crippen LogP contribution in [0.5, 0.6) is 0 Å². The number of carbonyl (C=O) groups excluding carboxylic acids is 1. The van der Waals surface area contributed by atoms with Gasteiger partial charge in [-0.25, -0.2) is 0 Å². The molecule has 0 aliphatic heterocycles. The molecule has 0 rings (SSSR count). The van der Waals surface area contributed by atoms with Crippen molar-refractivity contribution in [1.29, 1.82) is 0 Å². The van der Waals surface area contributed by atoms with Crippen molar-refractivity contribution in [2.75, 3.05) is 54.1 Å². The molecule has 0 aromatic heterocycles. The van der Waals surface area contributed by atoms with Crippen LogP contribution < -0.4 is 10.2 Å². The zero-order chi connectivity index (χ0) is 28.5. The Bertz CT molecular complexity index is 600. The van der Waals surface area contributed by atoms with Crippen LogP contribution in [-0.2, 0) is 23.1 Å². The smallest absolute Gasteiger partial charge is 0.267 e. The molecule has 0 heterocycles. The van der Waals surface area contributed by atoms with Gasteiger partial charge < -0.3 is 28.5 Å². The van der Waals surface area contributed by atoms with Gasteiger partial charge in [0.2, 0.25) is 5.91 Å². The van der Waals surface area contributed by atoms with Gasteiger partial charge in [-0.2, -0.15) is 0 Å². The van der Waals surface area contributed by atoms with Gasteiger partial charge >= 0.3 is 0 Å². The number of carbonyl (C=O) groups is 1. The van der Waals surface area contributed by atoms with E-state index < -0.39 is 13.9 Å². The number of rotatable bonds is 28. The highest BCUT2D eigenvalue weighted by atomic mass is 31.2. The number of unbranched alkanes of at least 4 members (excludes halogenated alkanes) is 13. The van der Waals surface area contributed by atoms with Crippen LogP contribution in [0.1, 0.15) is 123 Å². The monoisotopic (exact) mass is 564 g/mol. The lowest BCUT2D eigenvalue weighted by atomic mass is 10.1. The molecule has 0 aliphatic carbocycles. The van der Waals surface area contributed by atoms with E-state index in [4.69, 9.17) is 13.8 Å². The van der Waals surface area contributed by atoms with Crippen molar-refractivity contribution in [1.82, 2.24) is 5.32 Å². The predicted octanol–water partition coefficient (Wildman–Crippen LogP) is 6.37. The maximum absolute atomic E-state index is 12.3. The lowest BCUT2D eigenvalue weighted by Crippen LogP contribution is -2.37. The third kappa shape index (κ3) is 27.1. The van der Waals surface area contributed by atoms with Crippen molar-refractivity contribution in [3.63, 3.8) is 0 Å². The van der Waals surface area contributed by atoms with Crippen molar-refractivity contribution < 1.29 is 32.5 Å². The van der Waals surface area contributed by atoms with Gasteiger partial charge in [0.15, 0.2) is 0 Å². The molecule has 0 saturated carbocycles. The third-order valence-electron chi connectivity index (χ3n) is 6.53. The third-order valence-corrected chi connectivity index (χ3v) is 7.49. The number of nitrogens with zero attached hydrogens (tertiary/aromatic N) is 1. The number of hydrogen-bond donors (Lipinski definition) is 1. The van der Waals surface area contributed by atoms with Crippen LogP contribution in [0, 0.1) is 0 Å². The van der Waals surface area contributed by atoms with E-state index in [2.05, 4.69) is 19.2 Å². The summed E-state index contributed by atoms with van der Waals surface area (Å²) in [7, 11) is 1.71. The van der Waals surface area contributed by atoms with Gasteiger partial charge in [0.25, 0.3) is 7.82 Å². The van der Waals surface area contributed by atoms with E-state index in [0.717, 1.165) is 36.7 Å². The topological polar surface area (TPSA) is 96.9 Å². The minimum atomic E-state index is -4.42. The SMILES string of the molecule is CCCCCCCCCCCC(=O)NCC(COP(=O)([O-])OCCC[N+](C)(C)C)OCCCCCCCC. The van der Waals surface area contributed by atoms with Crippen molar-refractivity contribution in [3.8, 4) is 0 Å². The summed E-state index contributed by atoms with van der Waals surface area (Å²) in [5, 5.41) is 2.90. The van der Waals surface area contributed by atoms with Crippen molar-refractivity contribution in [2.24, 2.45) is 0 Å². The van der Waals surface area contributed by atoms with Gasteiger partial charge in [0, 0.05) is 26.0 Å². The van der Waals surface area contributed by atoms with Crippen LogP contribution in [0.25, 0.3) is 0 Å². The van der Waals surface area contributed by atoms with E-state index in [-0.39, 0.29) is 25.7 Å². The lowest BCUT2D eigenvalue weighted by Gasteiger charge is -2.27. The lowest BCUT2D eigenvalue weighted by molar-refractivity contribution is -0.870. The van der Waals surface area contributed by atoms with Gasteiger partial charge in [-0.15, -0.1) is 0 Å². The predicted molar refractivity (Wildman–Crippen MR) is 155 cm³/mol. The average Bonchev–Trinajstić information content (AvgIpc) is 2.85. The number of ether oxygens (including phenoxy) is 1. The molecule has 0 fully saturated rings. The first-order valence-electron chi connectivity index (χ1n) is 15.4. The van der Waals surface area contributed by atoms with E-state index in [0.29, 0.717) is 19.4 Å². The van der Waals surface area contributed by atoms with Gasteiger partial charge in [-0.05, 0) is 12.8 Å². The molecule has 2 atom stereocenters. The Morgan fingerprint density at radius 1 is 0.763 bits per heavy atom. The molecule has 1 N–H and O–H groups in total. The molecule has 0 aromatic rings. The molecule has 228 valence electrons. The van der Waals surface area contributed by atoms with Gasteiger partial charge in [-0.1, -0.05) is 97.3 Å². The molecule has 0 saturated heterocycles. The molecule has 0 aromatic carbocycles. The second-order valence-electron chi connectivity index (χ2n) is 11.6. The number of phosphoric ester groups is 1. The summed E-state index contributed by atoms with van der Waals surface area (Å²) in [6, 6.07) is 0. The molecule has 0 spiro atoms. The highest BCUT2D eigenvalue weighted by Gasteiger charge is 2.17. The van der Waals surface area contributed by atoms with Crippen molar-refractivity contribution in [3.05, 3.63) is 0 Å². The van der Waals surface area contributed by atoms with Crippen LogP contribution >= 0.6 is 7.82 Å². The first-order valence-corrected chi connectivity index (χ1v) is 16.8. The van der Waals surface area contributed by atoms with E-state index in [1.54, 1.807) is 0 Å². The first kappa shape index (κ1) is 37.5. The van der Waals surface area contributed by atoms with Crippen molar-refractivity contribution >= 4 is 13.7 Å². The van der Waals surface area contributed by atoms with E-state index in [9.17, 15) is 14.3 Å². The fourth-order valence-electron chi connectivity index (χ4n) is 4.14. The quantitative estimate of drug-likeness (QED) is 0.0674. The van der Waals surface area contributed by atoms with Crippen LogP contribution in [0.2, 0.25) is 0 Å². The molecule has 0 bridgehead atoms. The number of amides is 1. The number of hydrogen-bond acceptors (Lipinski definition) is 6. The summed E-state index contributed by atoms with van der Waals surface area (Å²) < 4.78 is 29.0. The molecule has 9 heteroatoms. The Balaban J connectivity index is 4.34. The van der Waals surface area contributed by atoms with Crippen LogP contribution in [0.15, 0.2) is 0 Å². The normalized spacial score (nSPS) is 14.4. The molecule has 0 radical (unpaired) electrons. The molecular formula is C29H61N2O6P. The summed E-state index contributed by atoms with van der Waals surface area (Å²) in [5.41, 5.74) is 0. The van der Waals surface area contributed by atoms with Gasteiger partial charge in [0.1, 0.15) is 0 Å². The molecule has 2 unspecified atom stereocenters. The van der Waals surface area contributed by atoms with Crippen LogP contribution in [0.3, 0.4) is 0 Å². The van der Waals surface area contributed by atoms with E-state index in [1.807, 2.05) is 21.1 Å². The molecule has 38 heavy (non-hydrogen) atoms. The summed E-state index contributed by atoms with van der Waals surface area (Å²) in [4.78, 5) is 24.5. The highest BCUT2D eigenvalue weighted by molar-refractivity contribution is 7.45. The van der Waals surface area contributed by atoms with E-state index in [1.165, 1.54) is 70.6 Å². The zero-order valence-electron chi connectivity index (χ0n) is 25.5. The Morgan fingerprint density at radius 2 is 1.29 bits per heavy atom. The standard InChI is InChI=1S/C29H61N2O6P/c1-6-8-10-12-14-15-16-17-19-22-29(32)30-26-28(35-24-20-18-13-11-9-7-2)27-37-38(33,34)36-25-21-23-31(3,4)5/h28H,6-27H2,1-5H3,(H-,30,32,33,34). The summed E-state index contributed by atoms with van der Waals surface area (Å²) in [5.74, 6) is -0.0250. The first-order chi connectivity index (χ1) is 18.1. The Morgan fingerprint density at radius 3 is 1.84 bits per heavy atom. The fourth-order valence-corrected chi connectivity index (χ4v) is 4.91. The molecule has 8 nitrogen and oxygen atoms in total. The largest absolute Gasteiger partial charge is 0.756 e. The van der Waals surface area contributed by atoms with Crippen LogP contribution in [0.4, 0.5) is 0 Å². The minimum absolute atomic E-state index is 0.0250. The highest BCUT2D eigenvalue weighted by Crippen LogP contribution is 2.38.